The zero-order chi connectivity index (χ0) is 6.81. The maximum Gasteiger partial charge on any atom is 0.126 e. The van der Waals surface area contributed by atoms with Crippen molar-refractivity contribution in [3.05, 3.63) is 35.9 Å². The fourth-order valence-electron chi connectivity index (χ4n) is 1.06. The van der Waals surface area contributed by atoms with Gasteiger partial charge in [0.05, 0.1) is 0 Å². The minimum absolute atomic E-state index is 0. The first-order valence-electron chi connectivity index (χ1n) is 3.35. The standard InChI is InChI=1S/C9H8O.Al.2Ni/c1-2-6-9-8(4-1)5-3-7-10-9;;;/h1-6H,7H2;;;. The number of hydrogen-bond donors (Lipinski definition) is 0. The summed E-state index contributed by atoms with van der Waals surface area (Å²) in [5.74, 6) is 0.991. The van der Waals surface area contributed by atoms with E-state index in [1.54, 1.807) is 0 Å². The van der Waals surface area contributed by atoms with Crippen LogP contribution in [0.3, 0.4) is 0 Å². The van der Waals surface area contributed by atoms with E-state index in [1.807, 2.05) is 30.3 Å². The van der Waals surface area contributed by atoms with Crippen molar-refractivity contribution in [2.75, 3.05) is 6.61 Å². The van der Waals surface area contributed by atoms with Gasteiger partial charge in [-0.15, -0.1) is 0 Å². The van der Waals surface area contributed by atoms with Crippen LogP contribution >= 0.6 is 0 Å². The van der Waals surface area contributed by atoms with E-state index in [9.17, 15) is 0 Å². The smallest absolute Gasteiger partial charge is 0.126 e. The summed E-state index contributed by atoms with van der Waals surface area (Å²) in [7, 11) is 0. The van der Waals surface area contributed by atoms with Crippen molar-refractivity contribution >= 4 is 23.4 Å². The SMILES string of the molecule is C1=Cc2ccccc2OC1.[Al].[Ni].[Ni]. The topological polar surface area (TPSA) is 9.23 Å². The Balaban J connectivity index is 0. The second-order valence-electron chi connectivity index (χ2n) is 2.25. The fraction of sp³-hybridized carbons (Fsp3) is 0.111. The molecule has 1 heterocycles. The molecule has 1 aliphatic heterocycles. The first-order valence-corrected chi connectivity index (χ1v) is 3.35. The number of para-hydroxylation sites is 1. The van der Waals surface area contributed by atoms with Crippen LogP contribution in [0.5, 0.6) is 5.75 Å². The van der Waals surface area contributed by atoms with Gasteiger partial charge in [0.2, 0.25) is 0 Å². The molecule has 1 nitrogen and oxygen atoms in total. The second-order valence-corrected chi connectivity index (χ2v) is 2.25. The number of fused-ring (bicyclic) bond motifs is 1. The minimum Gasteiger partial charge on any atom is -0.489 e. The van der Waals surface area contributed by atoms with Crippen LogP contribution in [-0.2, 0) is 33.0 Å². The quantitative estimate of drug-likeness (QED) is 0.656. The summed E-state index contributed by atoms with van der Waals surface area (Å²) in [4.78, 5) is 0. The molecular weight excluding hydrogens is 268 g/mol. The van der Waals surface area contributed by atoms with E-state index in [0.717, 1.165) is 5.75 Å². The van der Waals surface area contributed by atoms with Gasteiger partial charge in [-0.2, -0.15) is 0 Å². The van der Waals surface area contributed by atoms with Crippen molar-refractivity contribution in [3.63, 3.8) is 0 Å². The zero-order valence-electron chi connectivity index (χ0n) is 6.79. The van der Waals surface area contributed by atoms with Crippen molar-refractivity contribution in [1.29, 1.82) is 0 Å². The van der Waals surface area contributed by atoms with E-state index in [1.165, 1.54) is 5.56 Å². The Morgan fingerprint density at radius 1 is 1.08 bits per heavy atom. The zero-order valence-corrected chi connectivity index (χ0v) is 9.92. The van der Waals surface area contributed by atoms with E-state index in [4.69, 9.17) is 4.74 Å². The van der Waals surface area contributed by atoms with Crippen LogP contribution in [0.4, 0.5) is 0 Å². The van der Waals surface area contributed by atoms with Crippen LogP contribution in [0.15, 0.2) is 30.3 Å². The van der Waals surface area contributed by atoms with Crippen LogP contribution in [0.2, 0.25) is 0 Å². The van der Waals surface area contributed by atoms with Gasteiger partial charge in [0.1, 0.15) is 12.4 Å². The molecule has 1 aromatic carbocycles. The van der Waals surface area contributed by atoms with Crippen molar-refractivity contribution in [1.82, 2.24) is 0 Å². The third kappa shape index (κ3) is 3.88. The molecule has 73 valence electrons. The van der Waals surface area contributed by atoms with Gasteiger partial charge in [-0.05, 0) is 12.1 Å². The molecule has 0 saturated heterocycles. The van der Waals surface area contributed by atoms with E-state index in [0.29, 0.717) is 6.61 Å². The van der Waals surface area contributed by atoms with E-state index in [2.05, 4.69) is 6.08 Å². The first kappa shape index (κ1) is 15.7. The Labute approximate surface area is 109 Å². The van der Waals surface area contributed by atoms with Gasteiger partial charge in [0.15, 0.2) is 0 Å². The molecule has 0 atom stereocenters. The third-order valence-corrected chi connectivity index (χ3v) is 1.55. The predicted octanol–water partition coefficient (Wildman–Crippen LogP) is 1.71. The van der Waals surface area contributed by atoms with Crippen LogP contribution in [0, 0.1) is 0 Å². The van der Waals surface area contributed by atoms with Crippen molar-refractivity contribution in [3.8, 4) is 5.75 Å². The first-order chi connectivity index (χ1) is 4.97. The average Bonchev–Trinajstić information content (AvgIpc) is 2.05. The summed E-state index contributed by atoms with van der Waals surface area (Å²) in [6.45, 7) is 0.705. The van der Waals surface area contributed by atoms with E-state index >= 15 is 0 Å². The monoisotopic (exact) mass is 275 g/mol. The molecule has 0 saturated carbocycles. The van der Waals surface area contributed by atoms with Crippen LogP contribution in [0.25, 0.3) is 6.08 Å². The van der Waals surface area contributed by atoms with Gasteiger partial charge >= 0.3 is 0 Å². The fourth-order valence-corrected chi connectivity index (χ4v) is 1.06. The molecule has 0 amide bonds. The Bertz CT molecular complexity index is 276. The van der Waals surface area contributed by atoms with Crippen LogP contribution < -0.4 is 4.74 Å². The van der Waals surface area contributed by atoms with E-state index < -0.39 is 0 Å². The largest absolute Gasteiger partial charge is 0.489 e. The Hall–Kier alpha value is 0.279. The summed E-state index contributed by atoms with van der Waals surface area (Å²) in [5.41, 5.74) is 1.17. The number of rotatable bonds is 0. The molecule has 0 spiro atoms. The maximum atomic E-state index is 5.34. The van der Waals surface area contributed by atoms with Crippen molar-refractivity contribution in [2.45, 2.75) is 0 Å². The predicted molar refractivity (Wildman–Crippen MR) is 46.7 cm³/mol. The van der Waals surface area contributed by atoms with Gasteiger partial charge in [-0.3, -0.25) is 0 Å². The van der Waals surface area contributed by atoms with E-state index in [-0.39, 0.29) is 50.3 Å². The molecule has 0 fully saturated rings. The van der Waals surface area contributed by atoms with Crippen LogP contribution in [-0.4, -0.2) is 24.0 Å². The molecule has 1 aromatic rings. The average molecular weight is 277 g/mol. The van der Waals surface area contributed by atoms with Gasteiger partial charge in [-0.25, -0.2) is 0 Å². The Morgan fingerprint density at radius 3 is 2.46 bits per heavy atom. The molecule has 0 N–H and O–H groups in total. The maximum absolute atomic E-state index is 5.34. The van der Waals surface area contributed by atoms with Gasteiger partial charge in [0, 0.05) is 55.9 Å². The minimum atomic E-state index is 0. The molecule has 1 aliphatic rings. The normalized spacial score (nSPS) is 10.8. The summed E-state index contributed by atoms with van der Waals surface area (Å²) in [5, 5.41) is 0. The summed E-state index contributed by atoms with van der Waals surface area (Å²) in [6, 6.07) is 8.03. The Kier molecular flexibility index (Phi) is 9.28. The van der Waals surface area contributed by atoms with Crippen molar-refractivity contribution < 1.29 is 37.7 Å². The molecule has 0 unspecified atom stereocenters. The molecule has 2 rings (SSSR count). The summed E-state index contributed by atoms with van der Waals surface area (Å²) < 4.78 is 5.34. The van der Waals surface area contributed by atoms with Gasteiger partial charge < -0.3 is 4.74 Å². The van der Waals surface area contributed by atoms with Crippen molar-refractivity contribution in [2.24, 2.45) is 0 Å². The number of ether oxygens (including phenoxy) is 1. The molecule has 3 radical (unpaired) electrons. The molecule has 0 aliphatic carbocycles. The molecule has 0 bridgehead atoms. The summed E-state index contributed by atoms with van der Waals surface area (Å²) >= 11 is 0. The third-order valence-electron chi connectivity index (χ3n) is 1.55. The number of benzene rings is 1. The molecular formula is C9H8AlNi2O. The van der Waals surface area contributed by atoms with Crippen LogP contribution in [0.1, 0.15) is 5.56 Å². The second kappa shape index (κ2) is 7.66. The molecule has 4 heteroatoms. The molecule has 13 heavy (non-hydrogen) atoms. The van der Waals surface area contributed by atoms with Gasteiger partial charge in [0.25, 0.3) is 0 Å². The summed E-state index contributed by atoms with van der Waals surface area (Å²) in [6.07, 6.45) is 4.10. The Morgan fingerprint density at radius 2 is 1.77 bits per heavy atom. The number of hydrogen-bond acceptors (Lipinski definition) is 1. The molecule has 0 aromatic heterocycles. The van der Waals surface area contributed by atoms with Gasteiger partial charge in [-0.1, -0.05) is 24.3 Å².